The van der Waals surface area contributed by atoms with Crippen LogP contribution in [0, 0.1) is 0 Å². The van der Waals surface area contributed by atoms with E-state index in [1.807, 2.05) is 60.7 Å². The quantitative estimate of drug-likeness (QED) is 0.393. The third-order valence-corrected chi connectivity index (χ3v) is 5.90. The van der Waals surface area contributed by atoms with Crippen molar-refractivity contribution in [1.82, 2.24) is 4.90 Å². The molecule has 1 saturated heterocycles. The number of morpholine rings is 1. The molecule has 4 aromatic rings. The highest BCUT2D eigenvalue weighted by atomic mass is 16.5. The van der Waals surface area contributed by atoms with Crippen LogP contribution in [-0.4, -0.2) is 50.3 Å². The zero-order chi connectivity index (χ0) is 23.3. The molecule has 0 bridgehead atoms. The van der Waals surface area contributed by atoms with Crippen molar-refractivity contribution < 1.29 is 18.7 Å². The molecule has 0 aliphatic carbocycles. The summed E-state index contributed by atoms with van der Waals surface area (Å²) < 4.78 is 17.1. The number of ether oxygens (including phenoxy) is 2. The van der Waals surface area contributed by atoms with E-state index in [1.54, 1.807) is 12.1 Å². The lowest BCUT2D eigenvalue weighted by atomic mass is 10.0. The molecule has 1 fully saturated rings. The molecule has 5 rings (SSSR count). The maximum atomic E-state index is 12.9. The molecule has 0 spiro atoms. The summed E-state index contributed by atoms with van der Waals surface area (Å²) in [5.74, 6) is 0.565. The van der Waals surface area contributed by atoms with Gasteiger partial charge in [0.25, 0.3) is 5.91 Å². The molecule has 174 valence electrons. The Morgan fingerprint density at radius 3 is 2.62 bits per heavy atom. The molecular weight excluding hydrogens is 430 g/mol. The predicted molar refractivity (Wildman–Crippen MR) is 133 cm³/mol. The third kappa shape index (κ3) is 5.06. The van der Waals surface area contributed by atoms with Gasteiger partial charge in [0.05, 0.1) is 24.6 Å². The lowest BCUT2D eigenvalue weighted by Crippen LogP contribution is -2.38. The molecule has 7 nitrogen and oxygen atoms in total. The van der Waals surface area contributed by atoms with Crippen molar-refractivity contribution in [3.8, 4) is 16.9 Å². The average molecular weight is 458 g/mol. The summed E-state index contributed by atoms with van der Waals surface area (Å²) in [5, 5.41) is 3.71. The summed E-state index contributed by atoms with van der Waals surface area (Å²) in [7, 11) is 0. The largest absolute Gasteiger partial charge is 0.492 e. The summed E-state index contributed by atoms with van der Waals surface area (Å²) in [6.07, 6.45) is 0. The second-order valence-electron chi connectivity index (χ2n) is 8.23. The van der Waals surface area contributed by atoms with Crippen molar-refractivity contribution in [2.75, 3.05) is 50.5 Å². The summed E-state index contributed by atoms with van der Waals surface area (Å²) >= 11 is 0. The van der Waals surface area contributed by atoms with E-state index in [1.165, 1.54) is 0 Å². The molecule has 3 aromatic carbocycles. The number of amides is 1. The lowest BCUT2D eigenvalue weighted by Gasteiger charge is -2.26. The molecule has 0 unspecified atom stereocenters. The number of fused-ring (bicyclic) bond motifs is 1. The zero-order valence-electron chi connectivity index (χ0n) is 18.8. The van der Waals surface area contributed by atoms with Gasteiger partial charge in [-0.25, -0.2) is 0 Å². The second kappa shape index (κ2) is 9.99. The van der Waals surface area contributed by atoms with Gasteiger partial charge in [-0.15, -0.1) is 0 Å². The number of carbonyl (C=O) groups is 1. The van der Waals surface area contributed by atoms with Crippen LogP contribution in [0.25, 0.3) is 22.1 Å². The van der Waals surface area contributed by atoms with E-state index < -0.39 is 0 Å². The van der Waals surface area contributed by atoms with E-state index >= 15 is 0 Å². The standard InChI is InChI=1S/C27H27N3O4/c28-23-9-7-20(19-4-2-1-3-5-19)16-24(23)29-27(31)26-17-21-6-8-22(18-25(21)34-26)33-15-12-30-10-13-32-14-11-30/h1-9,16-18H,10-15,28H2,(H,29,31). The molecule has 34 heavy (non-hydrogen) atoms. The van der Waals surface area contributed by atoms with Crippen LogP contribution < -0.4 is 15.8 Å². The monoisotopic (exact) mass is 457 g/mol. The molecule has 7 heteroatoms. The van der Waals surface area contributed by atoms with Crippen LogP contribution in [0.4, 0.5) is 11.4 Å². The molecule has 1 amide bonds. The number of rotatable bonds is 7. The number of furan rings is 1. The smallest absolute Gasteiger partial charge is 0.291 e. The van der Waals surface area contributed by atoms with Crippen molar-refractivity contribution in [2.24, 2.45) is 0 Å². The minimum absolute atomic E-state index is 0.213. The SMILES string of the molecule is Nc1ccc(-c2ccccc2)cc1NC(=O)c1cc2ccc(OCCN3CCOCC3)cc2o1. The Morgan fingerprint density at radius 2 is 1.79 bits per heavy atom. The Labute approximate surface area is 198 Å². The average Bonchev–Trinajstić information content (AvgIpc) is 3.30. The van der Waals surface area contributed by atoms with Gasteiger partial charge in [-0.05, 0) is 41.5 Å². The summed E-state index contributed by atoms with van der Waals surface area (Å²) in [5.41, 5.74) is 9.75. The van der Waals surface area contributed by atoms with Crippen LogP contribution in [0.2, 0.25) is 0 Å². The van der Waals surface area contributed by atoms with Gasteiger partial charge in [0, 0.05) is 31.1 Å². The van der Waals surface area contributed by atoms with Crippen molar-refractivity contribution in [3.05, 3.63) is 78.6 Å². The highest BCUT2D eigenvalue weighted by molar-refractivity contribution is 6.06. The first-order valence-corrected chi connectivity index (χ1v) is 11.4. The first-order chi connectivity index (χ1) is 16.7. The van der Waals surface area contributed by atoms with Gasteiger partial charge in [-0.1, -0.05) is 36.4 Å². The fourth-order valence-electron chi connectivity index (χ4n) is 3.99. The highest BCUT2D eigenvalue weighted by Gasteiger charge is 2.15. The fraction of sp³-hybridized carbons (Fsp3) is 0.222. The molecule has 1 aliphatic heterocycles. The lowest BCUT2D eigenvalue weighted by molar-refractivity contribution is 0.0322. The molecule has 1 aromatic heterocycles. The normalized spacial score (nSPS) is 14.2. The number of nitrogens with one attached hydrogen (secondary N) is 1. The third-order valence-electron chi connectivity index (χ3n) is 5.90. The van der Waals surface area contributed by atoms with Crippen molar-refractivity contribution >= 4 is 28.3 Å². The van der Waals surface area contributed by atoms with Crippen LogP contribution >= 0.6 is 0 Å². The minimum Gasteiger partial charge on any atom is -0.492 e. The number of nitrogens with two attached hydrogens (primary N) is 1. The number of benzene rings is 3. The van der Waals surface area contributed by atoms with Crippen LogP contribution in [0.15, 0.2) is 77.2 Å². The zero-order valence-corrected chi connectivity index (χ0v) is 18.8. The molecule has 3 N–H and O–H groups in total. The van der Waals surface area contributed by atoms with Gasteiger partial charge in [-0.3, -0.25) is 9.69 Å². The number of nitrogen functional groups attached to an aromatic ring is 1. The van der Waals surface area contributed by atoms with E-state index in [-0.39, 0.29) is 11.7 Å². The van der Waals surface area contributed by atoms with Gasteiger partial charge >= 0.3 is 0 Å². The van der Waals surface area contributed by atoms with E-state index in [4.69, 9.17) is 19.6 Å². The van der Waals surface area contributed by atoms with Crippen molar-refractivity contribution in [1.29, 1.82) is 0 Å². The van der Waals surface area contributed by atoms with Gasteiger partial charge in [0.1, 0.15) is 17.9 Å². The van der Waals surface area contributed by atoms with Gasteiger partial charge in [0.2, 0.25) is 0 Å². The van der Waals surface area contributed by atoms with Crippen LogP contribution in [0.5, 0.6) is 5.75 Å². The van der Waals surface area contributed by atoms with Gasteiger partial charge < -0.3 is 24.9 Å². The molecule has 2 heterocycles. The van der Waals surface area contributed by atoms with Crippen LogP contribution in [0.1, 0.15) is 10.6 Å². The fourth-order valence-corrected chi connectivity index (χ4v) is 3.99. The first kappa shape index (κ1) is 22.0. The maximum Gasteiger partial charge on any atom is 0.291 e. The molecule has 1 aliphatic rings. The van der Waals surface area contributed by atoms with E-state index in [0.29, 0.717) is 29.3 Å². The maximum absolute atomic E-state index is 12.9. The molecule has 0 saturated carbocycles. The Bertz CT molecular complexity index is 1280. The Hall–Kier alpha value is -3.81. The number of carbonyl (C=O) groups excluding carboxylic acids is 1. The highest BCUT2D eigenvalue weighted by Crippen LogP contribution is 2.29. The summed E-state index contributed by atoms with van der Waals surface area (Å²) in [6.45, 7) is 4.82. The minimum atomic E-state index is -0.358. The Balaban J connectivity index is 1.26. The van der Waals surface area contributed by atoms with Gasteiger partial charge in [0.15, 0.2) is 5.76 Å². The number of hydrogen-bond acceptors (Lipinski definition) is 6. The Kier molecular flexibility index (Phi) is 6.46. The summed E-state index contributed by atoms with van der Waals surface area (Å²) in [4.78, 5) is 15.2. The molecule has 0 radical (unpaired) electrons. The summed E-state index contributed by atoms with van der Waals surface area (Å²) in [6, 6.07) is 22.8. The number of hydrogen-bond donors (Lipinski definition) is 2. The molecular formula is C27H27N3O4. The van der Waals surface area contributed by atoms with E-state index in [2.05, 4.69) is 10.2 Å². The first-order valence-electron chi connectivity index (χ1n) is 11.4. The van der Waals surface area contributed by atoms with Crippen molar-refractivity contribution in [3.63, 3.8) is 0 Å². The topological polar surface area (TPSA) is 90.0 Å². The number of anilines is 2. The predicted octanol–water partition coefficient (Wildman–Crippen LogP) is 4.65. The second-order valence-corrected chi connectivity index (χ2v) is 8.23. The Morgan fingerprint density at radius 1 is 0.971 bits per heavy atom. The van der Waals surface area contributed by atoms with Crippen LogP contribution in [0.3, 0.4) is 0 Å². The van der Waals surface area contributed by atoms with Crippen LogP contribution in [-0.2, 0) is 4.74 Å². The van der Waals surface area contributed by atoms with E-state index in [9.17, 15) is 4.79 Å². The van der Waals surface area contributed by atoms with Crippen molar-refractivity contribution in [2.45, 2.75) is 0 Å². The van der Waals surface area contributed by atoms with E-state index in [0.717, 1.165) is 49.4 Å². The molecule has 0 atom stereocenters. The van der Waals surface area contributed by atoms with Gasteiger partial charge in [-0.2, -0.15) is 0 Å². The number of nitrogens with zero attached hydrogens (tertiary/aromatic N) is 1.